The average Bonchev–Trinajstić information content (AvgIpc) is 3.70. The molecule has 0 saturated heterocycles. The van der Waals surface area contributed by atoms with Crippen LogP contribution in [-0.4, -0.2) is 47.5 Å². The Labute approximate surface area is 258 Å². The Morgan fingerprint density at radius 2 is 1.91 bits per heavy atom. The van der Waals surface area contributed by atoms with E-state index in [1.807, 2.05) is 24.4 Å². The zero-order chi connectivity index (χ0) is 31.3. The number of azide groups is 1. The van der Waals surface area contributed by atoms with E-state index in [0.29, 0.717) is 35.7 Å². The van der Waals surface area contributed by atoms with E-state index in [2.05, 4.69) is 20.7 Å². The van der Waals surface area contributed by atoms with Crippen molar-refractivity contribution in [3.8, 4) is 11.5 Å². The SMILES string of the molecule is CCCCC(COC(=O)N(Cc1ccc(N=[N+]=[N-])cc1)Cc1cccs1)NC(=O)NC(CC(=O)O)c1ccc2c(c1)OCO2. The van der Waals surface area contributed by atoms with Gasteiger partial charge in [-0.25, -0.2) is 9.59 Å². The number of carbonyl (C=O) groups excluding carboxylic acids is 2. The first-order valence-electron chi connectivity index (χ1n) is 14.1. The van der Waals surface area contributed by atoms with Crippen LogP contribution in [0.15, 0.2) is 65.1 Å². The Balaban J connectivity index is 1.40. The molecule has 1 aliphatic rings. The number of thiophene rings is 1. The first-order chi connectivity index (χ1) is 21.3. The van der Waals surface area contributed by atoms with Crippen molar-refractivity contribution in [2.45, 2.75) is 57.8 Å². The smallest absolute Gasteiger partial charge is 0.410 e. The number of benzene rings is 2. The average molecular weight is 623 g/mol. The zero-order valence-electron chi connectivity index (χ0n) is 24.2. The molecule has 232 valence electrons. The van der Waals surface area contributed by atoms with Gasteiger partial charge in [0.15, 0.2) is 11.5 Å². The van der Waals surface area contributed by atoms with E-state index in [1.54, 1.807) is 47.4 Å². The molecule has 1 aliphatic heterocycles. The van der Waals surface area contributed by atoms with Gasteiger partial charge in [0.2, 0.25) is 6.79 Å². The van der Waals surface area contributed by atoms with Crippen LogP contribution < -0.4 is 20.1 Å². The van der Waals surface area contributed by atoms with E-state index in [4.69, 9.17) is 19.7 Å². The summed E-state index contributed by atoms with van der Waals surface area (Å²) in [5.41, 5.74) is 10.5. The number of fused-ring (bicyclic) bond motifs is 1. The topological polar surface area (TPSA) is 175 Å². The zero-order valence-corrected chi connectivity index (χ0v) is 25.0. The van der Waals surface area contributed by atoms with E-state index >= 15 is 0 Å². The van der Waals surface area contributed by atoms with Crippen LogP contribution in [0.25, 0.3) is 10.4 Å². The highest BCUT2D eigenvalue weighted by Gasteiger charge is 2.24. The molecule has 1 aromatic heterocycles. The number of hydrogen-bond acceptors (Lipinski definition) is 8. The molecule has 14 heteroatoms. The van der Waals surface area contributed by atoms with E-state index < -0.39 is 30.2 Å². The summed E-state index contributed by atoms with van der Waals surface area (Å²) >= 11 is 1.52. The summed E-state index contributed by atoms with van der Waals surface area (Å²) in [6, 6.07) is 13.8. The molecule has 2 heterocycles. The third-order valence-corrected chi connectivity index (χ3v) is 7.65. The van der Waals surface area contributed by atoms with Gasteiger partial charge in [0.1, 0.15) is 6.61 Å². The molecule has 2 unspecified atom stereocenters. The number of rotatable bonds is 15. The van der Waals surface area contributed by atoms with Crippen LogP contribution in [0.4, 0.5) is 15.3 Å². The Kier molecular flexibility index (Phi) is 11.7. The minimum atomic E-state index is -1.08. The van der Waals surface area contributed by atoms with Crippen molar-refractivity contribution < 1.29 is 33.7 Å². The number of aliphatic carboxylic acids is 1. The van der Waals surface area contributed by atoms with Crippen molar-refractivity contribution in [3.63, 3.8) is 0 Å². The maximum absolute atomic E-state index is 13.3. The van der Waals surface area contributed by atoms with Gasteiger partial charge in [-0.1, -0.05) is 61.3 Å². The summed E-state index contributed by atoms with van der Waals surface area (Å²) in [6.45, 7) is 2.60. The third-order valence-electron chi connectivity index (χ3n) is 6.79. The van der Waals surface area contributed by atoms with Crippen molar-refractivity contribution >= 4 is 35.1 Å². The number of urea groups is 1. The van der Waals surface area contributed by atoms with Gasteiger partial charge in [-0.3, -0.25) is 9.69 Å². The second-order valence-corrected chi connectivity index (χ2v) is 11.1. The Bertz CT molecular complexity index is 1460. The standard InChI is InChI=1S/C30H34N6O7S/c1-2-3-5-23(32-29(39)33-25(15-28(37)38)21-9-12-26-27(14-21)43-19-42-26)18-41-30(40)36(17-24-6-4-13-44-24)16-20-7-10-22(11-8-20)34-35-31/h4,6-14,23,25H,2-3,5,15-19H2,1H3,(H,37,38)(H2,32,33,39). The van der Waals surface area contributed by atoms with Crippen LogP contribution in [0.1, 0.15) is 54.7 Å². The number of hydrogen-bond donors (Lipinski definition) is 3. The van der Waals surface area contributed by atoms with Gasteiger partial charge in [-0.05, 0) is 46.7 Å². The normalized spacial score (nSPS) is 12.8. The number of carboxylic acids is 1. The first-order valence-corrected chi connectivity index (χ1v) is 15.0. The quantitative estimate of drug-likeness (QED) is 0.0968. The molecule has 13 nitrogen and oxygen atoms in total. The molecule has 0 fully saturated rings. The Hall–Kier alpha value is -4.94. The van der Waals surface area contributed by atoms with Crippen molar-refractivity contribution in [2.24, 2.45) is 5.11 Å². The number of carbonyl (C=O) groups is 3. The van der Waals surface area contributed by atoms with Gasteiger partial charge in [-0.2, -0.15) is 0 Å². The van der Waals surface area contributed by atoms with Crippen molar-refractivity contribution in [3.05, 3.63) is 86.4 Å². The molecule has 2 aromatic carbocycles. The molecule has 3 amide bonds. The fourth-order valence-corrected chi connectivity index (χ4v) is 5.29. The Morgan fingerprint density at radius 3 is 2.61 bits per heavy atom. The minimum absolute atomic E-state index is 0.0720. The summed E-state index contributed by atoms with van der Waals surface area (Å²) in [5, 5.41) is 20.6. The summed E-state index contributed by atoms with van der Waals surface area (Å²) in [4.78, 5) is 43.3. The maximum Gasteiger partial charge on any atom is 0.410 e. The lowest BCUT2D eigenvalue weighted by molar-refractivity contribution is -0.137. The first kappa shape index (κ1) is 32.0. The van der Waals surface area contributed by atoms with Gasteiger partial charge >= 0.3 is 18.1 Å². The van der Waals surface area contributed by atoms with Gasteiger partial charge < -0.3 is 30.0 Å². The minimum Gasteiger partial charge on any atom is -0.481 e. The second kappa shape index (κ2) is 16.1. The summed E-state index contributed by atoms with van der Waals surface area (Å²) in [5.74, 6) is -0.0544. The third kappa shape index (κ3) is 9.54. The van der Waals surface area contributed by atoms with E-state index in [9.17, 15) is 19.5 Å². The highest BCUT2D eigenvalue weighted by Crippen LogP contribution is 2.34. The maximum atomic E-state index is 13.3. The van der Waals surface area contributed by atoms with Crippen LogP contribution >= 0.6 is 11.3 Å². The molecular formula is C30H34N6O7S. The van der Waals surface area contributed by atoms with Gasteiger partial charge in [0.05, 0.1) is 25.0 Å². The van der Waals surface area contributed by atoms with E-state index in [0.717, 1.165) is 23.3 Å². The molecule has 0 saturated carbocycles. The number of amides is 3. The largest absolute Gasteiger partial charge is 0.481 e. The van der Waals surface area contributed by atoms with E-state index in [1.165, 1.54) is 11.3 Å². The van der Waals surface area contributed by atoms with Crippen LogP contribution in [0.5, 0.6) is 11.5 Å². The lowest BCUT2D eigenvalue weighted by atomic mass is 10.0. The van der Waals surface area contributed by atoms with Gasteiger partial charge in [-0.15, -0.1) is 11.3 Å². The number of nitrogens with one attached hydrogen (secondary N) is 2. The molecule has 0 radical (unpaired) electrons. The molecule has 3 N–H and O–H groups in total. The lowest BCUT2D eigenvalue weighted by Gasteiger charge is -2.25. The van der Waals surface area contributed by atoms with Crippen molar-refractivity contribution in [2.75, 3.05) is 13.4 Å². The lowest BCUT2D eigenvalue weighted by Crippen LogP contribution is -2.46. The Morgan fingerprint density at radius 1 is 1.11 bits per heavy atom. The predicted octanol–water partition coefficient (Wildman–Crippen LogP) is 6.63. The number of nitrogens with zero attached hydrogens (tertiary/aromatic N) is 4. The predicted molar refractivity (Wildman–Crippen MR) is 163 cm³/mol. The van der Waals surface area contributed by atoms with Crippen LogP contribution in [0.3, 0.4) is 0 Å². The monoisotopic (exact) mass is 622 g/mol. The van der Waals surface area contributed by atoms with Crippen LogP contribution in [0, 0.1) is 0 Å². The van der Waals surface area contributed by atoms with Gasteiger partial charge in [0, 0.05) is 22.0 Å². The van der Waals surface area contributed by atoms with Gasteiger partial charge in [0.25, 0.3) is 0 Å². The van der Waals surface area contributed by atoms with Crippen molar-refractivity contribution in [1.29, 1.82) is 0 Å². The molecule has 0 spiro atoms. The fraction of sp³-hybridized carbons (Fsp3) is 0.367. The van der Waals surface area contributed by atoms with E-state index in [-0.39, 0.29) is 26.4 Å². The highest BCUT2D eigenvalue weighted by atomic mass is 32.1. The molecule has 44 heavy (non-hydrogen) atoms. The number of carboxylic acid groups (broad SMARTS) is 1. The molecular weight excluding hydrogens is 588 g/mol. The number of unbranched alkanes of at least 4 members (excludes halogenated alkanes) is 1. The molecule has 3 aromatic rings. The summed E-state index contributed by atoms with van der Waals surface area (Å²) < 4.78 is 16.4. The summed E-state index contributed by atoms with van der Waals surface area (Å²) in [7, 11) is 0. The van der Waals surface area contributed by atoms with Crippen LogP contribution in [0.2, 0.25) is 0 Å². The number of ether oxygens (including phenoxy) is 3. The highest BCUT2D eigenvalue weighted by molar-refractivity contribution is 7.09. The molecule has 0 aliphatic carbocycles. The molecule has 0 bridgehead atoms. The summed E-state index contributed by atoms with van der Waals surface area (Å²) in [6.07, 6.45) is 1.30. The molecule has 4 rings (SSSR count). The fourth-order valence-electron chi connectivity index (χ4n) is 4.57. The second-order valence-electron chi connectivity index (χ2n) is 10.1. The van der Waals surface area contributed by atoms with Crippen molar-refractivity contribution in [1.82, 2.24) is 15.5 Å². The molecule has 2 atom stereocenters. The van der Waals surface area contributed by atoms with Crippen LogP contribution in [-0.2, 0) is 22.6 Å².